The van der Waals surface area contributed by atoms with Crippen molar-refractivity contribution in [1.82, 2.24) is 79.9 Å². The van der Waals surface area contributed by atoms with Gasteiger partial charge in [0.2, 0.25) is 80.5 Å². The molecule has 2 saturated heterocycles. The molecule has 2 aliphatic rings. The minimum atomic E-state index is -4.57. The topological polar surface area (TPSA) is 333 Å². The summed E-state index contributed by atoms with van der Waals surface area (Å²) >= 11 is 3.68. The van der Waals surface area contributed by atoms with Crippen molar-refractivity contribution in [3.05, 3.63) is 198 Å². The van der Waals surface area contributed by atoms with Crippen LogP contribution in [-0.4, -0.2) is 198 Å². The van der Waals surface area contributed by atoms with Crippen LogP contribution < -0.4 is 30.1 Å². The van der Waals surface area contributed by atoms with Crippen LogP contribution in [0.3, 0.4) is 0 Å². The lowest BCUT2D eigenvalue weighted by atomic mass is 10.0. The SMILES string of the molecule is Cc1ccc(S(=O)(=O)NC(CCCCNc2nsc3nccn23)C(=O)N2CCN(Cc3ccccc3)CC2N(C(=O)C(CCCCNc2nsc3nccn23)NS(=O)(=O)c2ccc(C)cc2)C2CN(Cc3ccccc3)CCN2C(=O)C(CCCCNc2nsc3nccn23)NS(=O)(=O)c2ccc(C)cc2)cc1. The van der Waals surface area contributed by atoms with E-state index in [4.69, 9.17) is 0 Å². The molecule has 2 fully saturated rings. The maximum Gasteiger partial charge on any atom is 0.244 e. The molecule has 11 aromatic rings. The predicted octanol–water partition coefficient (Wildman–Crippen LogP) is 8.28. The van der Waals surface area contributed by atoms with Crippen molar-refractivity contribution in [2.24, 2.45) is 0 Å². The molecular weight excluding hydrogens is 1490 g/mol. The summed E-state index contributed by atoms with van der Waals surface area (Å²) in [5.41, 5.74) is 4.24. The van der Waals surface area contributed by atoms with Crippen molar-refractivity contribution >= 4 is 115 Å². The standard InChI is InChI=1S/C73H88N20O9S6/c1-52-23-29-57(30-24-52)106(97,98)83-60(20-10-13-35-74-68-80-103-71-77-38-41-90(68)71)65(94)88-46-44-86(48-55-16-6-4-7-17-55)50-63(88)93(67(96)62(85-108(101,102)59-33-27-54(3)28-34-59)22-12-15-37-76-70-82-105-73-79-40-43-92(70)73)64-51-87(49-56-18-8-5-9-19-56)45-47-89(64)66(95)61(84-107(99,100)58-31-25-53(2)26-32-58)21-11-14-36-75-69-81-104-72-78-39-42-91(69)72/h4-9,16-19,23-34,38-43,60-64,83-85H,10-15,20-22,35-37,44-51H2,1-3H3,(H,74,80)(H,75,81)(H,76,82). The van der Waals surface area contributed by atoms with E-state index >= 15 is 22.8 Å². The number of hydrogen-bond acceptors (Lipinski definition) is 23. The third kappa shape index (κ3) is 18.9. The highest BCUT2D eigenvalue weighted by atomic mass is 32.2. The lowest BCUT2D eigenvalue weighted by molar-refractivity contribution is -0.172. The molecule has 13 rings (SSSR count). The summed E-state index contributed by atoms with van der Waals surface area (Å²) in [6.45, 7) is 7.46. The van der Waals surface area contributed by atoms with Crippen molar-refractivity contribution in [2.45, 2.75) is 137 Å². The lowest BCUT2D eigenvalue weighted by Crippen LogP contribution is -2.74. The van der Waals surface area contributed by atoms with Crippen LogP contribution in [0.5, 0.6) is 0 Å². The van der Waals surface area contributed by atoms with E-state index in [0.717, 1.165) is 27.8 Å². The van der Waals surface area contributed by atoms with Crippen LogP contribution in [0.4, 0.5) is 17.8 Å². The number of aryl methyl sites for hydroxylation is 3. The molecule has 3 amide bonds. The van der Waals surface area contributed by atoms with Gasteiger partial charge < -0.3 is 25.8 Å². The Morgan fingerprint density at radius 2 is 0.759 bits per heavy atom. The molecule has 29 nitrogen and oxygen atoms in total. The number of rotatable bonds is 36. The van der Waals surface area contributed by atoms with Crippen LogP contribution in [0.2, 0.25) is 0 Å². The van der Waals surface area contributed by atoms with Gasteiger partial charge in [-0.05, 0) is 126 Å². The zero-order chi connectivity index (χ0) is 75.4. The van der Waals surface area contributed by atoms with E-state index < -0.39 is 78.2 Å². The first-order chi connectivity index (χ1) is 52.2. The van der Waals surface area contributed by atoms with Gasteiger partial charge in [-0.25, -0.2) is 40.2 Å². The first-order valence-corrected chi connectivity index (χ1v) is 42.8. The van der Waals surface area contributed by atoms with Crippen LogP contribution in [0, 0.1) is 20.8 Å². The highest BCUT2D eigenvalue weighted by Gasteiger charge is 2.49. The summed E-state index contributed by atoms with van der Waals surface area (Å²) in [7, 11) is -13.5. The number of carbonyl (C=O) groups excluding carboxylic acids is 3. The first-order valence-electron chi connectivity index (χ1n) is 36.0. The highest BCUT2D eigenvalue weighted by Crippen LogP contribution is 2.31. The number of sulfonamides is 3. The number of piperazine rings is 2. The molecule has 6 N–H and O–H groups in total. The average Bonchev–Trinajstić information content (AvgIpc) is 1.08. The summed E-state index contributed by atoms with van der Waals surface area (Å²) in [6.07, 6.45) is 9.75. The molecule has 0 saturated carbocycles. The summed E-state index contributed by atoms with van der Waals surface area (Å²) in [4.78, 5) is 74.4. The second-order valence-corrected chi connectivity index (χ2v) is 34.5. The van der Waals surface area contributed by atoms with E-state index in [1.807, 2.05) is 94.6 Å². The summed E-state index contributed by atoms with van der Waals surface area (Å²) in [5.74, 6) is -0.420. The fourth-order valence-electron chi connectivity index (χ4n) is 13.6. The number of fused-ring (bicyclic) bond motifs is 3. The Kier molecular flexibility index (Phi) is 25.0. The predicted molar refractivity (Wildman–Crippen MR) is 417 cm³/mol. The number of benzene rings is 5. The third-order valence-electron chi connectivity index (χ3n) is 19.4. The van der Waals surface area contributed by atoms with E-state index in [2.05, 4.69) is 68.0 Å². The van der Waals surface area contributed by atoms with E-state index in [0.29, 0.717) is 97.6 Å². The maximum absolute atomic E-state index is 17.5. The third-order valence-corrected chi connectivity index (χ3v) is 26.0. The molecule has 8 heterocycles. The fourth-order valence-corrected chi connectivity index (χ4v) is 19.3. The van der Waals surface area contributed by atoms with Crippen molar-refractivity contribution in [2.75, 3.05) is 74.9 Å². The Morgan fingerprint density at radius 3 is 1.10 bits per heavy atom. The number of anilines is 3. The molecule has 108 heavy (non-hydrogen) atoms. The Labute approximate surface area is 640 Å². The highest BCUT2D eigenvalue weighted by molar-refractivity contribution is 7.90. The number of amides is 3. The molecule has 570 valence electrons. The second kappa shape index (κ2) is 35.0. The average molecular weight is 1580 g/mol. The zero-order valence-corrected chi connectivity index (χ0v) is 65.0. The van der Waals surface area contributed by atoms with Crippen LogP contribution in [0.15, 0.2) is 185 Å². The van der Waals surface area contributed by atoms with Gasteiger partial charge in [-0.2, -0.15) is 27.3 Å². The van der Waals surface area contributed by atoms with Gasteiger partial charge in [0.05, 0.1) is 14.7 Å². The van der Waals surface area contributed by atoms with E-state index in [1.54, 1.807) is 73.6 Å². The molecule has 5 aromatic carbocycles. The summed E-state index contributed by atoms with van der Waals surface area (Å²) < 4.78 is 118. The number of hydrogen-bond donors (Lipinski definition) is 6. The van der Waals surface area contributed by atoms with Crippen molar-refractivity contribution in [3.63, 3.8) is 0 Å². The van der Waals surface area contributed by atoms with E-state index in [1.165, 1.54) is 85.7 Å². The molecule has 0 radical (unpaired) electrons. The molecule has 2 aliphatic heterocycles. The van der Waals surface area contributed by atoms with E-state index in [-0.39, 0.29) is 79.6 Å². The van der Waals surface area contributed by atoms with Gasteiger partial charge in [-0.1, -0.05) is 114 Å². The van der Waals surface area contributed by atoms with Gasteiger partial charge >= 0.3 is 0 Å². The minimum Gasteiger partial charge on any atom is -0.355 e. The van der Waals surface area contributed by atoms with Crippen LogP contribution in [0.25, 0.3) is 14.9 Å². The molecule has 35 heteroatoms. The zero-order valence-electron chi connectivity index (χ0n) is 60.1. The van der Waals surface area contributed by atoms with Gasteiger partial charge in [0.1, 0.15) is 30.5 Å². The van der Waals surface area contributed by atoms with Crippen LogP contribution in [-0.2, 0) is 57.5 Å². The number of unbranched alkanes of at least 4 members (excludes halogenated alkanes) is 3. The van der Waals surface area contributed by atoms with Gasteiger partial charge in [0, 0.05) is 144 Å². The van der Waals surface area contributed by atoms with Crippen LogP contribution in [0.1, 0.15) is 85.6 Å². The first kappa shape index (κ1) is 77.0. The van der Waals surface area contributed by atoms with Crippen molar-refractivity contribution < 1.29 is 39.6 Å². The molecule has 6 aromatic heterocycles. The van der Waals surface area contributed by atoms with E-state index in [9.17, 15) is 16.8 Å². The summed E-state index contributed by atoms with van der Waals surface area (Å²) in [5, 5.41) is 10.1. The van der Waals surface area contributed by atoms with Gasteiger partial charge in [-0.3, -0.25) is 42.3 Å². The van der Waals surface area contributed by atoms with Gasteiger partial charge in [-0.15, -0.1) is 0 Å². The Bertz CT molecular complexity index is 4940. The number of imidazole rings is 3. The van der Waals surface area contributed by atoms with Crippen molar-refractivity contribution in [1.29, 1.82) is 0 Å². The molecule has 5 unspecified atom stereocenters. The minimum absolute atomic E-state index is 0.0107. The Hall–Kier alpha value is -9.14. The maximum atomic E-state index is 17.5. The van der Waals surface area contributed by atoms with Crippen LogP contribution >= 0.6 is 34.6 Å². The number of nitrogens with zero attached hydrogens (tertiary/aromatic N) is 14. The number of nitrogens with one attached hydrogen (secondary N) is 6. The monoisotopic (exact) mass is 1580 g/mol. The molecule has 0 spiro atoms. The molecule has 0 bridgehead atoms. The van der Waals surface area contributed by atoms with Crippen molar-refractivity contribution in [3.8, 4) is 0 Å². The second-order valence-electron chi connectivity index (χ2n) is 27.2. The largest absolute Gasteiger partial charge is 0.355 e. The molecule has 0 aliphatic carbocycles. The Balaban J connectivity index is 0.924. The number of aromatic nitrogens is 9. The molecule has 5 atom stereocenters. The number of carbonyl (C=O) groups is 3. The van der Waals surface area contributed by atoms with Gasteiger partial charge in [0.25, 0.3) is 0 Å². The lowest BCUT2D eigenvalue weighted by Gasteiger charge is -2.54. The fraction of sp³-hybridized carbons (Fsp3) is 0.384. The van der Waals surface area contributed by atoms with Gasteiger partial charge in [0.15, 0.2) is 0 Å². The smallest absolute Gasteiger partial charge is 0.244 e. The summed E-state index contributed by atoms with van der Waals surface area (Å²) in [6, 6.07) is 33.7. The normalized spacial score (nSPS) is 16.4. The quantitative estimate of drug-likeness (QED) is 0.0201. The molecular formula is C73H88N20O9S6. The Morgan fingerprint density at radius 1 is 0.435 bits per heavy atom.